The first-order valence-corrected chi connectivity index (χ1v) is 8.57. The number of fused-ring (bicyclic) bond motifs is 1. The number of aliphatic hydroxyl groups is 1. The summed E-state index contributed by atoms with van der Waals surface area (Å²) in [5.74, 6) is -0.513. The summed E-state index contributed by atoms with van der Waals surface area (Å²) in [7, 11) is 1.56. The van der Waals surface area contributed by atoms with Crippen LogP contribution in [0.25, 0.3) is 5.57 Å². The quantitative estimate of drug-likeness (QED) is 0.744. The fourth-order valence-corrected chi connectivity index (χ4v) is 3.77. The van der Waals surface area contributed by atoms with Crippen LogP contribution in [0.3, 0.4) is 0 Å². The van der Waals surface area contributed by atoms with Crippen LogP contribution in [0.2, 0.25) is 0 Å². The summed E-state index contributed by atoms with van der Waals surface area (Å²) < 4.78 is 5.19. The lowest BCUT2D eigenvalue weighted by Gasteiger charge is -2.27. The molecule has 1 aliphatic carbocycles. The molecule has 4 rings (SSSR count). The minimum atomic E-state index is -1.75. The van der Waals surface area contributed by atoms with Gasteiger partial charge < -0.3 is 14.9 Å². The van der Waals surface area contributed by atoms with E-state index in [4.69, 9.17) is 4.74 Å². The number of ether oxygens (including phenoxy) is 1. The fourth-order valence-electron chi connectivity index (χ4n) is 3.77. The minimum Gasteiger partial charge on any atom is -0.497 e. The molecule has 1 atom stereocenters. The van der Waals surface area contributed by atoms with Gasteiger partial charge in [0.15, 0.2) is 0 Å². The largest absolute Gasteiger partial charge is 0.497 e. The molecule has 0 bridgehead atoms. The zero-order valence-corrected chi connectivity index (χ0v) is 14.7. The predicted molar refractivity (Wildman–Crippen MR) is 103 cm³/mol. The molecule has 0 aliphatic heterocycles. The molecular formula is C23H18O4. The first-order valence-electron chi connectivity index (χ1n) is 8.57. The normalized spacial score (nSPS) is 18.3. The summed E-state index contributed by atoms with van der Waals surface area (Å²) >= 11 is 0. The van der Waals surface area contributed by atoms with Crippen molar-refractivity contribution in [3.8, 4) is 5.75 Å². The van der Waals surface area contributed by atoms with Crippen molar-refractivity contribution < 1.29 is 19.7 Å². The maximum Gasteiger partial charge on any atom is 0.335 e. The number of methoxy groups -OCH3 is 1. The van der Waals surface area contributed by atoms with Crippen LogP contribution in [-0.4, -0.2) is 23.3 Å². The van der Waals surface area contributed by atoms with Gasteiger partial charge >= 0.3 is 5.97 Å². The average Bonchev–Trinajstić information content (AvgIpc) is 2.99. The minimum absolute atomic E-state index is 0.0416. The van der Waals surface area contributed by atoms with Gasteiger partial charge in [0.1, 0.15) is 11.4 Å². The number of hydrogen-bond acceptors (Lipinski definition) is 3. The monoisotopic (exact) mass is 358 g/mol. The lowest BCUT2D eigenvalue weighted by atomic mass is 9.83. The highest BCUT2D eigenvalue weighted by molar-refractivity contribution is 6.07. The Labute approximate surface area is 157 Å². The molecule has 0 heterocycles. The van der Waals surface area contributed by atoms with Crippen LogP contribution in [0.1, 0.15) is 22.3 Å². The van der Waals surface area contributed by atoms with E-state index in [1.54, 1.807) is 43.5 Å². The molecule has 3 aromatic rings. The van der Waals surface area contributed by atoms with Crippen molar-refractivity contribution in [2.45, 2.75) is 5.60 Å². The summed E-state index contributed by atoms with van der Waals surface area (Å²) in [6.45, 7) is 0. The van der Waals surface area contributed by atoms with Gasteiger partial charge in [0, 0.05) is 11.1 Å². The van der Waals surface area contributed by atoms with Gasteiger partial charge in [-0.15, -0.1) is 0 Å². The second-order valence-corrected chi connectivity index (χ2v) is 6.41. The van der Waals surface area contributed by atoms with E-state index >= 15 is 0 Å². The van der Waals surface area contributed by atoms with E-state index in [2.05, 4.69) is 0 Å². The Hall–Kier alpha value is -3.37. The SMILES string of the molecule is COc1ccc(C2(O)C(C(=O)O)=C(c3ccccc3)c3ccccc32)cc1. The van der Waals surface area contributed by atoms with Crippen molar-refractivity contribution in [3.63, 3.8) is 0 Å². The van der Waals surface area contributed by atoms with E-state index in [0.29, 0.717) is 22.4 Å². The van der Waals surface area contributed by atoms with Crippen LogP contribution in [-0.2, 0) is 10.4 Å². The number of carboxylic acid groups (broad SMARTS) is 1. The molecule has 27 heavy (non-hydrogen) atoms. The molecule has 1 aliphatic rings. The van der Waals surface area contributed by atoms with E-state index < -0.39 is 11.6 Å². The Morgan fingerprint density at radius 2 is 1.52 bits per heavy atom. The summed E-state index contributed by atoms with van der Waals surface area (Å²) in [6, 6.07) is 23.4. The molecule has 0 saturated carbocycles. The highest BCUT2D eigenvalue weighted by atomic mass is 16.5. The highest BCUT2D eigenvalue weighted by Gasteiger charge is 2.48. The molecule has 4 heteroatoms. The van der Waals surface area contributed by atoms with Crippen LogP contribution in [0.15, 0.2) is 84.4 Å². The van der Waals surface area contributed by atoms with Crippen molar-refractivity contribution >= 4 is 11.5 Å². The molecule has 4 nitrogen and oxygen atoms in total. The summed E-state index contributed by atoms with van der Waals surface area (Å²) in [4.78, 5) is 12.3. The summed E-state index contributed by atoms with van der Waals surface area (Å²) in [5.41, 5.74) is 1.27. The zero-order chi connectivity index (χ0) is 19.0. The van der Waals surface area contributed by atoms with Crippen LogP contribution >= 0.6 is 0 Å². The third-order valence-corrected chi connectivity index (χ3v) is 4.98. The Kier molecular flexibility index (Phi) is 4.05. The average molecular weight is 358 g/mol. The third kappa shape index (κ3) is 2.54. The summed E-state index contributed by atoms with van der Waals surface area (Å²) in [5, 5.41) is 21.8. The number of aliphatic carboxylic acids is 1. The van der Waals surface area contributed by atoms with Gasteiger partial charge in [-0.2, -0.15) is 0 Å². The van der Waals surface area contributed by atoms with Gasteiger partial charge in [0.25, 0.3) is 0 Å². The zero-order valence-electron chi connectivity index (χ0n) is 14.7. The lowest BCUT2D eigenvalue weighted by molar-refractivity contribution is -0.134. The topological polar surface area (TPSA) is 66.8 Å². The van der Waals surface area contributed by atoms with Gasteiger partial charge in [-0.1, -0.05) is 66.7 Å². The van der Waals surface area contributed by atoms with Gasteiger partial charge in [0.2, 0.25) is 0 Å². The Morgan fingerprint density at radius 1 is 0.889 bits per heavy atom. The molecule has 3 aromatic carbocycles. The lowest BCUT2D eigenvalue weighted by Crippen LogP contribution is -2.31. The van der Waals surface area contributed by atoms with Crippen LogP contribution in [0, 0.1) is 0 Å². The predicted octanol–water partition coefficient (Wildman–Crippen LogP) is 3.83. The molecule has 0 radical (unpaired) electrons. The van der Waals surface area contributed by atoms with E-state index in [1.165, 1.54) is 0 Å². The standard InChI is InChI=1S/C23H18O4/c1-27-17-13-11-16(12-14-17)23(26)19-10-6-5-9-18(19)20(21(23)22(24)25)15-7-3-2-4-8-15/h2-14,26H,1H3,(H,24,25). The van der Waals surface area contributed by atoms with Crippen molar-refractivity contribution in [1.82, 2.24) is 0 Å². The van der Waals surface area contributed by atoms with Gasteiger partial charge in [-0.05, 0) is 28.8 Å². The maximum absolute atomic E-state index is 12.3. The first kappa shape index (κ1) is 17.1. The summed E-state index contributed by atoms with van der Waals surface area (Å²) in [6.07, 6.45) is 0. The third-order valence-electron chi connectivity index (χ3n) is 4.98. The van der Waals surface area contributed by atoms with Crippen LogP contribution in [0.4, 0.5) is 0 Å². The van der Waals surface area contributed by atoms with E-state index in [1.807, 2.05) is 42.5 Å². The number of hydrogen-bond donors (Lipinski definition) is 2. The fraction of sp³-hybridized carbons (Fsp3) is 0.0870. The van der Waals surface area contributed by atoms with Crippen molar-refractivity contribution in [2.75, 3.05) is 7.11 Å². The second kappa shape index (κ2) is 6.41. The number of carbonyl (C=O) groups is 1. The van der Waals surface area contributed by atoms with Gasteiger partial charge in [-0.3, -0.25) is 0 Å². The molecule has 0 spiro atoms. The smallest absolute Gasteiger partial charge is 0.335 e. The number of carboxylic acids is 1. The Bertz CT molecular complexity index is 1040. The number of rotatable bonds is 4. The maximum atomic E-state index is 12.3. The molecular weight excluding hydrogens is 340 g/mol. The first-order chi connectivity index (χ1) is 13.1. The van der Waals surface area contributed by atoms with Gasteiger partial charge in [0.05, 0.1) is 12.7 Å². The van der Waals surface area contributed by atoms with E-state index in [9.17, 15) is 15.0 Å². The van der Waals surface area contributed by atoms with Crippen molar-refractivity contribution in [2.24, 2.45) is 0 Å². The highest BCUT2D eigenvalue weighted by Crippen LogP contribution is 2.51. The van der Waals surface area contributed by atoms with Crippen molar-refractivity contribution in [1.29, 1.82) is 0 Å². The Balaban J connectivity index is 2.05. The molecule has 0 fully saturated rings. The molecule has 2 N–H and O–H groups in total. The van der Waals surface area contributed by atoms with Crippen molar-refractivity contribution in [3.05, 3.63) is 107 Å². The molecule has 0 saturated heterocycles. The number of benzene rings is 3. The van der Waals surface area contributed by atoms with Gasteiger partial charge in [-0.25, -0.2) is 4.79 Å². The van der Waals surface area contributed by atoms with E-state index in [0.717, 1.165) is 11.1 Å². The molecule has 0 aromatic heterocycles. The second-order valence-electron chi connectivity index (χ2n) is 6.41. The molecule has 1 unspecified atom stereocenters. The van der Waals surface area contributed by atoms with Crippen LogP contribution in [0.5, 0.6) is 5.75 Å². The van der Waals surface area contributed by atoms with E-state index in [-0.39, 0.29) is 5.57 Å². The Morgan fingerprint density at radius 3 is 2.15 bits per heavy atom. The molecule has 134 valence electrons. The van der Waals surface area contributed by atoms with Crippen LogP contribution < -0.4 is 4.74 Å². The molecule has 0 amide bonds.